The molecule has 1 aliphatic rings. The fraction of sp³-hybridized carbons (Fsp3) is 0.318. The van der Waals surface area contributed by atoms with Crippen LogP contribution in [0.3, 0.4) is 0 Å². The number of anilines is 2. The molecule has 2 amide bonds. The third-order valence-electron chi connectivity index (χ3n) is 4.68. The molecule has 1 unspecified atom stereocenters. The Morgan fingerprint density at radius 1 is 1.07 bits per heavy atom. The maximum absolute atomic E-state index is 12.3. The van der Waals surface area contributed by atoms with E-state index in [1.54, 1.807) is 48.5 Å². The van der Waals surface area contributed by atoms with E-state index in [0.29, 0.717) is 29.0 Å². The first-order chi connectivity index (χ1) is 14.5. The van der Waals surface area contributed by atoms with Gasteiger partial charge < -0.3 is 25.4 Å². The minimum Gasteiger partial charge on any atom is -0.465 e. The SMILES string of the molecule is COC(=O)c1ccc(NC(=O)CNc2cccc(C(=O)NCC3CCCO3)c2)cc1. The van der Waals surface area contributed by atoms with Crippen LogP contribution in [-0.2, 0) is 14.3 Å². The number of nitrogens with one attached hydrogen (secondary N) is 3. The zero-order valence-corrected chi connectivity index (χ0v) is 16.8. The average molecular weight is 411 g/mol. The van der Waals surface area contributed by atoms with Gasteiger partial charge in [-0.15, -0.1) is 0 Å². The minimum absolute atomic E-state index is 0.0275. The van der Waals surface area contributed by atoms with Gasteiger partial charge in [-0.3, -0.25) is 9.59 Å². The second kappa shape index (κ2) is 10.4. The largest absolute Gasteiger partial charge is 0.465 e. The maximum Gasteiger partial charge on any atom is 0.337 e. The Balaban J connectivity index is 1.47. The van der Waals surface area contributed by atoms with Gasteiger partial charge in [-0.1, -0.05) is 6.07 Å². The molecule has 0 radical (unpaired) electrons. The van der Waals surface area contributed by atoms with E-state index in [1.165, 1.54) is 7.11 Å². The number of carbonyl (C=O) groups is 3. The molecule has 1 fully saturated rings. The first-order valence-corrected chi connectivity index (χ1v) is 9.77. The van der Waals surface area contributed by atoms with Crippen LogP contribution in [0.15, 0.2) is 48.5 Å². The van der Waals surface area contributed by atoms with Crippen molar-refractivity contribution in [3.63, 3.8) is 0 Å². The molecule has 0 aromatic heterocycles. The number of amides is 2. The smallest absolute Gasteiger partial charge is 0.337 e. The van der Waals surface area contributed by atoms with E-state index in [-0.39, 0.29) is 24.5 Å². The number of hydrogen-bond donors (Lipinski definition) is 3. The molecule has 30 heavy (non-hydrogen) atoms. The van der Waals surface area contributed by atoms with Crippen LogP contribution >= 0.6 is 0 Å². The van der Waals surface area contributed by atoms with Gasteiger partial charge in [0.1, 0.15) is 0 Å². The summed E-state index contributed by atoms with van der Waals surface area (Å²) in [6.07, 6.45) is 2.07. The lowest BCUT2D eigenvalue weighted by Crippen LogP contribution is -2.31. The van der Waals surface area contributed by atoms with Crippen LogP contribution in [0.25, 0.3) is 0 Å². The highest BCUT2D eigenvalue weighted by atomic mass is 16.5. The van der Waals surface area contributed by atoms with E-state index in [4.69, 9.17) is 4.74 Å². The van der Waals surface area contributed by atoms with Gasteiger partial charge in [0.25, 0.3) is 5.91 Å². The van der Waals surface area contributed by atoms with Gasteiger partial charge in [-0.05, 0) is 55.3 Å². The molecule has 0 saturated carbocycles. The number of carbonyl (C=O) groups excluding carboxylic acids is 3. The van der Waals surface area contributed by atoms with E-state index in [9.17, 15) is 14.4 Å². The second-order valence-corrected chi connectivity index (χ2v) is 6.90. The molecule has 2 aromatic rings. The lowest BCUT2D eigenvalue weighted by atomic mass is 10.1. The Morgan fingerprint density at radius 2 is 1.87 bits per heavy atom. The predicted octanol–water partition coefficient (Wildman–Crippen LogP) is 2.43. The van der Waals surface area contributed by atoms with Crippen LogP contribution in [0.4, 0.5) is 11.4 Å². The molecule has 2 aromatic carbocycles. The summed E-state index contributed by atoms with van der Waals surface area (Å²) in [5, 5.41) is 8.62. The van der Waals surface area contributed by atoms with Gasteiger partial charge >= 0.3 is 5.97 Å². The summed E-state index contributed by atoms with van der Waals surface area (Å²) in [5.74, 6) is -0.868. The van der Waals surface area contributed by atoms with Gasteiger partial charge in [0.2, 0.25) is 5.91 Å². The van der Waals surface area contributed by atoms with E-state index < -0.39 is 5.97 Å². The van der Waals surface area contributed by atoms with Crippen molar-refractivity contribution in [2.75, 3.05) is 37.4 Å². The van der Waals surface area contributed by atoms with Crippen molar-refractivity contribution in [3.05, 3.63) is 59.7 Å². The van der Waals surface area contributed by atoms with Crippen molar-refractivity contribution in [1.29, 1.82) is 0 Å². The summed E-state index contributed by atoms with van der Waals surface area (Å²) in [6.45, 7) is 1.27. The van der Waals surface area contributed by atoms with Crippen LogP contribution in [-0.4, -0.2) is 50.7 Å². The van der Waals surface area contributed by atoms with Crippen molar-refractivity contribution in [1.82, 2.24) is 5.32 Å². The zero-order chi connectivity index (χ0) is 21.3. The molecule has 1 heterocycles. The Bertz CT molecular complexity index is 892. The number of esters is 1. The molecule has 0 spiro atoms. The van der Waals surface area contributed by atoms with E-state index in [2.05, 4.69) is 20.7 Å². The fourth-order valence-electron chi connectivity index (χ4n) is 3.08. The zero-order valence-electron chi connectivity index (χ0n) is 16.8. The monoisotopic (exact) mass is 411 g/mol. The normalized spacial score (nSPS) is 15.3. The number of ether oxygens (including phenoxy) is 2. The number of rotatable bonds is 8. The summed E-state index contributed by atoms with van der Waals surface area (Å²) >= 11 is 0. The second-order valence-electron chi connectivity index (χ2n) is 6.90. The summed E-state index contributed by atoms with van der Waals surface area (Å²) in [4.78, 5) is 35.9. The Kier molecular flexibility index (Phi) is 7.40. The molecule has 3 N–H and O–H groups in total. The quantitative estimate of drug-likeness (QED) is 0.576. The molecule has 1 atom stereocenters. The molecule has 8 nitrogen and oxygen atoms in total. The molecule has 158 valence electrons. The Labute approximate surface area is 174 Å². The molecule has 1 saturated heterocycles. The predicted molar refractivity (Wildman–Crippen MR) is 113 cm³/mol. The lowest BCUT2D eigenvalue weighted by Gasteiger charge is -2.12. The van der Waals surface area contributed by atoms with Crippen molar-refractivity contribution in [2.45, 2.75) is 18.9 Å². The van der Waals surface area contributed by atoms with E-state index in [0.717, 1.165) is 19.4 Å². The molecular weight excluding hydrogens is 386 g/mol. The average Bonchev–Trinajstić information content (AvgIpc) is 3.30. The first-order valence-electron chi connectivity index (χ1n) is 9.77. The van der Waals surface area contributed by atoms with Crippen LogP contribution in [0.5, 0.6) is 0 Å². The summed E-state index contributed by atoms with van der Waals surface area (Å²) < 4.78 is 10.1. The van der Waals surface area contributed by atoms with Crippen molar-refractivity contribution in [2.24, 2.45) is 0 Å². The highest BCUT2D eigenvalue weighted by Crippen LogP contribution is 2.14. The molecule has 3 rings (SSSR count). The fourth-order valence-corrected chi connectivity index (χ4v) is 3.08. The van der Waals surface area contributed by atoms with Crippen LogP contribution in [0.2, 0.25) is 0 Å². The number of hydrogen-bond acceptors (Lipinski definition) is 6. The Morgan fingerprint density at radius 3 is 2.57 bits per heavy atom. The van der Waals surface area contributed by atoms with Gasteiger partial charge in [-0.25, -0.2) is 4.79 Å². The summed E-state index contributed by atoms with van der Waals surface area (Å²) in [5.41, 5.74) is 2.15. The van der Waals surface area contributed by atoms with Crippen LogP contribution < -0.4 is 16.0 Å². The van der Waals surface area contributed by atoms with Crippen LogP contribution in [0, 0.1) is 0 Å². The van der Waals surface area contributed by atoms with Gasteiger partial charge in [0.05, 0.1) is 25.3 Å². The molecule has 0 aliphatic carbocycles. The van der Waals surface area contributed by atoms with Gasteiger partial charge in [0, 0.05) is 30.1 Å². The minimum atomic E-state index is -0.436. The summed E-state index contributed by atoms with van der Waals surface area (Å²) in [6, 6.07) is 13.4. The summed E-state index contributed by atoms with van der Waals surface area (Å²) in [7, 11) is 1.31. The first kappa shape index (κ1) is 21.3. The van der Waals surface area contributed by atoms with Crippen LogP contribution in [0.1, 0.15) is 33.6 Å². The van der Waals surface area contributed by atoms with Crippen molar-refractivity contribution in [3.8, 4) is 0 Å². The van der Waals surface area contributed by atoms with Gasteiger partial charge in [-0.2, -0.15) is 0 Å². The maximum atomic E-state index is 12.3. The van der Waals surface area contributed by atoms with Gasteiger partial charge in [0.15, 0.2) is 0 Å². The standard InChI is InChI=1S/C22H25N3O5/c1-29-22(28)15-7-9-17(10-8-15)25-20(26)14-23-18-5-2-4-16(12-18)21(27)24-13-19-6-3-11-30-19/h2,4-5,7-10,12,19,23H,3,6,11,13-14H2,1H3,(H,24,27)(H,25,26). The third kappa shape index (κ3) is 6.05. The lowest BCUT2D eigenvalue weighted by molar-refractivity contribution is -0.114. The Hall–Kier alpha value is -3.39. The number of methoxy groups -OCH3 is 1. The molecule has 0 bridgehead atoms. The third-order valence-corrected chi connectivity index (χ3v) is 4.68. The van der Waals surface area contributed by atoms with Crippen molar-refractivity contribution < 1.29 is 23.9 Å². The van der Waals surface area contributed by atoms with E-state index >= 15 is 0 Å². The molecule has 1 aliphatic heterocycles. The van der Waals surface area contributed by atoms with Crippen molar-refractivity contribution >= 4 is 29.2 Å². The number of benzene rings is 2. The highest BCUT2D eigenvalue weighted by molar-refractivity contribution is 5.96. The molecule has 8 heteroatoms. The highest BCUT2D eigenvalue weighted by Gasteiger charge is 2.16. The van der Waals surface area contributed by atoms with E-state index in [1.807, 2.05) is 0 Å². The molecular formula is C22H25N3O5. The topological polar surface area (TPSA) is 106 Å².